The molecule has 0 saturated heterocycles. The lowest BCUT2D eigenvalue weighted by Crippen LogP contribution is -2.17. The molecular formula is C14H21NO2. The SMILES string of the molecule is COc1ccc([C@H](C)N)c(O[C@@H](C)C2CC2)c1. The highest BCUT2D eigenvalue weighted by molar-refractivity contribution is 5.42. The van der Waals surface area contributed by atoms with Crippen LogP contribution in [-0.2, 0) is 0 Å². The Hall–Kier alpha value is -1.22. The fourth-order valence-corrected chi connectivity index (χ4v) is 1.98. The molecule has 3 heteroatoms. The van der Waals surface area contributed by atoms with Gasteiger partial charge in [-0.3, -0.25) is 0 Å². The summed E-state index contributed by atoms with van der Waals surface area (Å²) in [6.07, 6.45) is 2.82. The predicted octanol–water partition coefficient (Wildman–Crippen LogP) is 2.89. The minimum atomic E-state index is -0.0256. The largest absolute Gasteiger partial charge is 0.497 e. The molecule has 0 amide bonds. The van der Waals surface area contributed by atoms with E-state index in [0.717, 1.165) is 17.1 Å². The molecule has 1 fully saturated rings. The van der Waals surface area contributed by atoms with Gasteiger partial charge in [-0.2, -0.15) is 0 Å². The highest BCUT2D eigenvalue weighted by Crippen LogP contribution is 2.37. The molecule has 3 nitrogen and oxygen atoms in total. The second-order valence-corrected chi connectivity index (χ2v) is 4.85. The van der Waals surface area contributed by atoms with Gasteiger partial charge in [0.2, 0.25) is 0 Å². The van der Waals surface area contributed by atoms with E-state index in [2.05, 4.69) is 6.92 Å². The van der Waals surface area contributed by atoms with E-state index in [1.165, 1.54) is 12.8 Å². The Morgan fingerprint density at radius 3 is 2.53 bits per heavy atom. The summed E-state index contributed by atoms with van der Waals surface area (Å²) in [6.45, 7) is 4.10. The third kappa shape index (κ3) is 2.91. The molecule has 0 aromatic heterocycles. The van der Waals surface area contributed by atoms with Gasteiger partial charge in [-0.05, 0) is 38.7 Å². The molecule has 2 rings (SSSR count). The number of rotatable bonds is 5. The average molecular weight is 235 g/mol. The van der Waals surface area contributed by atoms with Crippen LogP contribution in [-0.4, -0.2) is 13.2 Å². The van der Waals surface area contributed by atoms with Gasteiger partial charge in [0.05, 0.1) is 13.2 Å². The van der Waals surface area contributed by atoms with Crippen molar-refractivity contribution < 1.29 is 9.47 Å². The van der Waals surface area contributed by atoms with Gasteiger partial charge in [0, 0.05) is 17.7 Å². The van der Waals surface area contributed by atoms with Crippen LogP contribution in [0.25, 0.3) is 0 Å². The van der Waals surface area contributed by atoms with Crippen molar-refractivity contribution in [1.82, 2.24) is 0 Å². The van der Waals surface area contributed by atoms with Crippen LogP contribution in [0, 0.1) is 5.92 Å². The normalized spacial score (nSPS) is 18.6. The first-order chi connectivity index (χ1) is 8.11. The van der Waals surface area contributed by atoms with Gasteiger partial charge < -0.3 is 15.2 Å². The smallest absolute Gasteiger partial charge is 0.128 e. The molecule has 1 aliphatic rings. The maximum Gasteiger partial charge on any atom is 0.128 e. The highest BCUT2D eigenvalue weighted by atomic mass is 16.5. The van der Waals surface area contributed by atoms with E-state index in [9.17, 15) is 0 Å². The van der Waals surface area contributed by atoms with Crippen molar-refractivity contribution >= 4 is 0 Å². The Morgan fingerprint density at radius 1 is 1.29 bits per heavy atom. The fourth-order valence-electron chi connectivity index (χ4n) is 1.98. The standard InChI is InChI=1S/C14H21NO2/c1-9(15)13-7-6-12(16-3)8-14(13)17-10(2)11-4-5-11/h6-11H,4-5,15H2,1-3H3/t9-,10-/m0/s1. The zero-order valence-corrected chi connectivity index (χ0v) is 10.8. The van der Waals surface area contributed by atoms with Crippen LogP contribution in [0.15, 0.2) is 18.2 Å². The zero-order valence-electron chi connectivity index (χ0n) is 10.8. The van der Waals surface area contributed by atoms with Crippen LogP contribution in [0.4, 0.5) is 0 Å². The van der Waals surface area contributed by atoms with Crippen molar-refractivity contribution in [1.29, 1.82) is 0 Å². The summed E-state index contributed by atoms with van der Waals surface area (Å²) >= 11 is 0. The second kappa shape index (κ2) is 4.96. The monoisotopic (exact) mass is 235 g/mol. The van der Waals surface area contributed by atoms with E-state index < -0.39 is 0 Å². The minimum absolute atomic E-state index is 0.0256. The van der Waals surface area contributed by atoms with Crippen LogP contribution in [0.1, 0.15) is 38.3 Å². The van der Waals surface area contributed by atoms with Crippen molar-refractivity contribution in [2.24, 2.45) is 11.7 Å². The Balaban J connectivity index is 2.20. The van der Waals surface area contributed by atoms with Crippen LogP contribution >= 0.6 is 0 Å². The van der Waals surface area contributed by atoms with Crippen molar-refractivity contribution in [2.75, 3.05) is 7.11 Å². The molecular weight excluding hydrogens is 214 g/mol. The molecule has 0 bridgehead atoms. The topological polar surface area (TPSA) is 44.5 Å². The number of hydrogen-bond acceptors (Lipinski definition) is 3. The Labute approximate surface area is 103 Å². The lowest BCUT2D eigenvalue weighted by atomic mass is 10.1. The van der Waals surface area contributed by atoms with E-state index in [-0.39, 0.29) is 12.1 Å². The molecule has 0 radical (unpaired) electrons. The van der Waals surface area contributed by atoms with Crippen molar-refractivity contribution in [2.45, 2.75) is 38.8 Å². The van der Waals surface area contributed by atoms with Gasteiger partial charge in [-0.1, -0.05) is 6.07 Å². The Bertz CT molecular complexity index is 386. The lowest BCUT2D eigenvalue weighted by Gasteiger charge is -2.19. The molecule has 1 aliphatic carbocycles. The Morgan fingerprint density at radius 2 is 2.00 bits per heavy atom. The first-order valence-electron chi connectivity index (χ1n) is 6.22. The molecule has 2 N–H and O–H groups in total. The summed E-state index contributed by atoms with van der Waals surface area (Å²) in [6, 6.07) is 5.81. The molecule has 1 aromatic carbocycles. The quantitative estimate of drug-likeness (QED) is 0.853. The molecule has 0 spiro atoms. The van der Waals surface area contributed by atoms with Crippen LogP contribution in [0.5, 0.6) is 11.5 Å². The van der Waals surface area contributed by atoms with E-state index >= 15 is 0 Å². The molecule has 1 saturated carbocycles. The Kier molecular flexibility index (Phi) is 3.57. The number of nitrogens with two attached hydrogens (primary N) is 1. The molecule has 1 aromatic rings. The molecule has 94 valence electrons. The summed E-state index contributed by atoms with van der Waals surface area (Å²) in [4.78, 5) is 0. The van der Waals surface area contributed by atoms with E-state index in [0.29, 0.717) is 5.92 Å². The first-order valence-corrected chi connectivity index (χ1v) is 6.22. The summed E-state index contributed by atoms with van der Waals surface area (Å²) < 4.78 is 11.2. The predicted molar refractivity (Wildman–Crippen MR) is 68.4 cm³/mol. The summed E-state index contributed by atoms with van der Waals surface area (Å²) in [5.41, 5.74) is 6.99. The first kappa shape index (κ1) is 12.2. The second-order valence-electron chi connectivity index (χ2n) is 4.85. The third-order valence-corrected chi connectivity index (χ3v) is 3.31. The zero-order chi connectivity index (χ0) is 12.4. The summed E-state index contributed by atoms with van der Waals surface area (Å²) in [5, 5.41) is 0. The number of ether oxygens (including phenoxy) is 2. The summed E-state index contributed by atoms with van der Waals surface area (Å²) in [5.74, 6) is 2.38. The molecule has 0 aliphatic heterocycles. The molecule has 0 unspecified atom stereocenters. The molecule has 17 heavy (non-hydrogen) atoms. The lowest BCUT2D eigenvalue weighted by molar-refractivity contribution is 0.194. The van der Waals surface area contributed by atoms with E-state index in [1.807, 2.05) is 25.1 Å². The van der Waals surface area contributed by atoms with Crippen molar-refractivity contribution in [3.05, 3.63) is 23.8 Å². The molecule has 2 atom stereocenters. The van der Waals surface area contributed by atoms with Crippen molar-refractivity contribution in [3.8, 4) is 11.5 Å². The third-order valence-electron chi connectivity index (χ3n) is 3.31. The van der Waals surface area contributed by atoms with E-state index in [1.54, 1.807) is 7.11 Å². The summed E-state index contributed by atoms with van der Waals surface area (Å²) in [7, 11) is 1.66. The van der Waals surface area contributed by atoms with Crippen LogP contribution < -0.4 is 15.2 Å². The average Bonchev–Trinajstić information content (AvgIpc) is 3.12. The maximum atomic E-state index is 6.01. The van der Waals surface area contributed by atoms with Crippen LogP contribution in [0.2, 0.25) is 0 Å². The number of methoxy groups -OCH3 is 1. The highest BCUT2D eigenvalue weighted by Gasteiger charge is 2.30. The van der Waals surface area contributed by atoms with Crippen molar-refractivity contribution in [3.63, 3.8) is 0 Å². The maximum absolute atomic E-state index is 6.01. The van der Waals surface area contributed by atoms with Gasteiger partial charge in [-0.15, -0.1) is 0 Å². The minimum Gasteiger partial charge on any atom is -0.497 e. The number of hydrogen-bond donors (Lipinski definition) is 1. The van der Waals surface area contributed by atoms with Gasteiger partial charge in [0.1, 0.15) is 11.5 Å². The number of benzene rings is 1. The van der Waals surface area contributed by atoms with Gasteiger partial charge in [-0.25, -0.2) is 0 Å². The van der Waals surface area contributed by atoms with Gasteiger partial charge >= 0.3 is 0 Å². The molecule has 0 heterocycles. The fraction of sp³-hybridized carbons (Fsp3) is 0.571. The van der Waals surface area contributed by atoms with E-state index in [4.69, 9.17) is 15.2 Å². The van der Waals surface area contributed by atoms with Gasteiger partial charge in [0.25, 0.3) is 0 Å². The van der Waals surface area contributed by atoms with Gasteiger partial charge in [0.15, 0.2) is 0 Å². The van der Waals surface area contributed by atoms with Crippen LogP contribution in [0.3, 0.4) is 0 Å².